The molecule has 0 spiro atoms. The van der Waals surface area contributed by atoms with Gasteiger partial charge in [0.05, 0.1) is 18.2 Å². The van der Waals surface area contributed by atoms with Gasteiger partial charge < -0.3 is 149 Å². The molecule has 708 valence electrons. The highest BCUT2D eigenvalue weighted by Gasteiger charge is 2.55. The van der Waals surface area contributed by atoms with Crippen molar-refractivity contribution in [2.75, 3.05) is 32.8 Å². The Morgan fingerprint density at radius 1 is 0.411 bits per heavy atom. The SMILES string of the molecule is NC[C@@H]1O[C@H](O[C@H]2[C@@H](O)[C@H](O[C@@H]3[C@@H](O)[C@H](N)C[C@H](N)[C@H]3O[C@H]3O[C@H](CN)[C@@H](O)[C@H](O)[C@H]3N)O[C@@H]2CNCCCC[C@H](NC(=O)OCC2c3ccccc3-c3ccccc32)C(=O)OCc2ccccc2)[C@H](N)[C@@H](O)[C@@H]1O.O=C(O)C(F)(F)F.O=C(O)C(F)(F)F.O=C(O)C(F)(F)F.O=C(O)C(F)(F)F.O=C(O)C(F)(F)F.O=C(O)C(F)(F)F.O=C(O)C(F)(F)F. The van der Waals surface area contributed by atoms with E-state index in [9.17, 15) is 132 Å². The lowest BCUT2D eigenvalue weighted by atomic mass is 9.84. The fourth-order valence-electron chi connectivity index (χ4n) is 10.5. The number of aliphatic hydroxyl groups is 6. The molecule has 3 heterocycles. The summed E-state index contributed by atoms with van der Waals surface area (Å²) < 4.78 is 270. The van der Waals surface area contributed by atoms with E-state index in [0.29, 0.717) is 19.4 Å². The summed E-state index contributed by atoms with van der Waals surface area (Å²) in [6, 6.07) is 19.6. The molecule has 3 saturated heterocycles. The zero-order valence-corrected chi connectivity index (χ0v) is 62.4. The van der Waals surface area contributed by atoms with Crippen molar-refractivity contribution in [2.24, 2.45) is 34.4 Å². The predicted octanol–water partition coefficient (Wildman–Crippen LogP) is 0.956. The van der Waals surface area contributed by atoms with Crippen LogP contribution in [0.3, 0.4) is 0 Å². The number of hydrogen-bond donors (Lipinski definition) is 21. The highest BCUT2D eigenvalue weighted by Crippen LogP contribution is 2.45. The van der Waals surface area contributed by atoms with E-state index in [0.717, 1.165) is 27.8 Å². The highest BCUT2D eigenvalue weighted by atomic mass is 19.4. The quantitative estimate of drug-likeness (QED) is 0.0401. The Morgan fingerprint density at radius 3 is 1.11 bits per heavy atom. The molecule has 1 amide bonds. The Hall–Kier alpha value is -9.54. The number of nitrogens with two attached hydrogens (primary N) is 6. The first-order valence-corrected chi connectivity index (χ1v) is 34.3. The van der Waals surface area contributed by atoms with Crippen molar-refractivity contribution in [2.45, 2.75) is 204 Å². The summed E-state index contributed by atoms with van der Waals surface area (Å²) in [5.41, 5.74) is 41.9. The first-order valence-electron chi connectivity index (χ1n) is 34.3. The summed E-state index contributed by atoms with van der Waals surface area (Å²) in [4.78, 5) is 89.3. The van der Waals surface area contributed by atoms with E-state index < -0.39 is 219 Å². The van der Waals surface area contributed by atoms with E-state index >= 15 is 0 Å². The third kappa shape index (κ3) is 37.3. The summed E-state index contributed by atoms with van der Waals surface area (Å²) >= 11 is 0. The molecule has 0 bridgehead atoms. The van der Waals surface area contributed by atoms with E-state index in [1.54, 1.807) is 0 Å². The van der Waals surface area contributed by atoms with Gasteiger partial charge in [0.2, 0.25) is 0 Å². The molecule has 27 N–H and O–H groups in total. The number of esters is 1. The molecule has 38 nitrogen and oxygen atoms in total. The van der Waals surface area contributed by atoms with Crippen LogP contribution in [0.2, 0.25) is 0 Å². The topological polar surface area (TPSA) is 671 Å². The molecule has 59 heteroatoms. The van der Waals surface area contributed by atoms with Crippen LogP contribution in [-0.4, -0.2) is 319 Å². The molecule has 3 aromatic rings. The number of carboxylic acid groups (broad SMARTS) is 7. The molecule has 0 radical (unpaired) electrons. The second-order valence-corrected chi connectivity index (χ2v) is 25.5. The number of ether oxygens (including phenoxy) is 8. The minimum absolute atomic E-state index is 0.00500. The lowest BCUT2D eigenvalue weighted by Gasteiger charge is -2.47. The van der Waals surface area contributed by atoms with E-state index in [-0.39, 0.29) is 51.6 Å². The number of alkyl carbamates (subject to hydrolysis) is 1. The van der Waals surface area contributed by atoms with Crippen molar-refractivity contribution >= 4 is 53.8 Å². The first kappa shape index (κ1) is 112. The van der Waals surface area contributed by atoms with Gasteiger partial charge in [0.25, 0.3) is 0 Å². The van der Waals surface area contributed by atoms with Gasteiger partial charge in [-0.3, -0.25) is 0 Å². The van der Waals surface area contributed by atoms with Crippen LogP contribution in [0, 0.1) is 0 Å². The average molecular weight is 1850 g/mol. The Labute approximate surface area is 680 Å². The number of carboxylic acids is 7. The molecule has 3 aliphatic heterocycles. The largest absolute Gasteiger partial charge is 0.490 e. The van der Waals surface area contributed by atoms with Crippen LogP contribution in [0.1, 0.15) is 48.3 Å². The Balaban J connectivity index is 0.00000126. The number of amides is 1. The van der Waals surface area contributed by atoms with Gasteiger partial charge in [-0.15, -0.1) is 0 Å². The molecular weight excluding hydrogens is 1770 g/mol. The number of aliphatic hydroxyl groups excluding tert-OH is 6. The van der Waals surface area contributed by atoms with E-state index in [2.05, 4.69) is 10.6 Å². The predicted molar refractivity (Wildman–Crippen MR) is 362 cm³/mol. The zero-order valence-electron chi connectivity index (χ0n) is 62.4. The molecule has 0 unspecified atom stereocenters. The van der Waals surface area contributed by atoms with Crippen LogP contribution in [0.25, 0.3) is 11.1 Å². The monoisotopic (exact) mass is 1850 g/mol. The number of fused-ring (bicyclic) bond motifs is 3. The molecule has 2 aliphatic carbocycles. The van der Waals surface area contributed by atoms with Crippen LogP contribution < -0.4 is 45.0 Å². The number of hydrogen-bond acceptors (Lipinski definition) is 30. The lowest BCUT2D eigenvalue weighted by Crippen LogP contribution is -2.68. The summed E-state index contributed by atoms with van der Waals surface area (Å²) in [7, 11) is 0. The molecule has 124 heavy (non-hydrogen) atoms. The highest BCUT2D eigenvalue weighted by molar-refractivity contribution is 5.82. The number of aliphatic carboxylic acids is 7. The maximum absolute atomic E-state index is 13.6. The molecule has 4 fully saturated rings. The number of benzene rings is 3. The number of halogens is 21. The number of carbonyl (C=O) groups excluding carboxylic acids is 2. The third-order valence-corrected chi connectivity index (χ3v) is 16.5. The molecule has 3 aromatic carbocycles. The van der Waals surface area contributed by atoms with Crippen LogP contribution in [0.4, 0.5) is 97.0 Å². The second kappa shape index (κ2) is 49.4. The third-order valence-electron chi connectivity index (χ3n) is 16.5. The molecule has 20 atom stereocenters. The fourth-order valence-corrected chi connectivity index (χ4v) is 10.5. The van der Waals surface area contributed by atoms with Gasteiger partial charge in [-0.1, -0.05) is 78.9 Å². The number of carbonyl (C=O) groups is 9. The minimum atomic E-state index is -5.08. The van der Waals surface area contributed by atoms with Crippen molar-refractivity contribution in [3.05, 3.63) is 95.6 Å². The number of unbranched alkanes of at least 4 members (excludes halogenated alkanes) is 1. The Bertz CT molecular complexity index is 3580. The molecule has 1 saturated carbocycles. The first-order chi connectivity index (χ1) is 56.7. The smallest absolute Gasteiger partial charge is 0.475 e. The Kier molecular flexibility index (Phi) is 44.8. The van der Waals surface area contributed by atoms with Gasteiger partial charge in [0, 0.05) is 37.6 Å². The summed E-state index contributed by atoms with van der Waals surface area (Å²) in [5.74, 6) is -20.1. The second-order valence-electron chi connectivity index (χ2n) is 25.5. The summed E-state index contributed by atoms with van der Waals surface area (Å²) in [6.07, 6.45) is -55.5. The maximum Gasteiger partial charge on any atom is 0.490 e. The molecule has 8 rings (SSSR count). The van der Waals surface area contributed by atoms with Crippen LogP contribution in [0.5, 0.6) is 0 Å². The normalized spacial score (nSPS) is 26.3. The standard InChI is InChI=1S/C51H74N8O16.7C2HF3O2/c52-19-33-39(61)41(63)36(56)48(70-33)73-44-31(55)18-30(54)38(60)46(44)75-50-43(65)45(74-49-37(57)42(64)40(62)34(20-53)71-49)35(72-50)21-58-17-9-8-16-32(47(66)68-22-24-10-2-1-3-11-24)59-51(67)69-23-29-27-14-6-4-12-25(27)26-13-5-7-15-28(26)29;7*3-2(4,5)1(6)7/h1-7,10-15,29-46,48-50,58,60-65H,8-9,16-23,52-57H2,(H,59,67);7*(H,6,7)/t30-,31+,32+,33-,34+,35-,36-,37-,38+,39-,40-,41-,42-,43-,44-,45-,46-,48-,49-,50+;;;;;;;/m1......./s1. The van der Waals surface area contributed by atoms with E-state index in [1.165, 1.54) is 0 Å². The average Bonchev–Trinajstić information content (AvgIpc) is 1.59. The van der Waals surface area contributed by atoms with Crippen molar-refractivity contribution in [1.82, 2.24) is 10.6 Å². The maximum atomic E-state index is 13.6. The van der Waals surface area contributed by atoms with Gasteiger partial charge in [-0.25, -0.2) is 43.2 Å². The lowest BCUT2D eigenvalue weighted by molar-refractivity contribution is -0.306. The fraction of sp³-hybridized carbons (Fsp3) is 0.585. The van der Waals surface area contributed by atoms with Gasteiger partial charge >= 0.3 is 97.1 Å². The van der Waals surface area contributed by atoms with Crippen molar-refractivity contribution in [1.29, 1.82) is 0 Å². The molecule has 0 aromatic heterocycles. The van der Waals surface area contributed by atoms with Gasteiger partial charge in [0.15, 0.2) is 18.9 Å². The van der Waals surface area contributed by atoms with Gasteiger partial charge in [-0.2, -0.15) is 92.2 Å². The summed E-state index contributed by atoms with van der Waals surface area (Å²) in [6.45, 7) is -0.00271. The number of nitrogens with one attached hydrogen (secondary N) is 2. The van der Waals surface area contributed by atoms with Crippen molar-refractivity contribution in [3.63, 3.8) is 0 Å². The molecule has 5 aliphatic rings. The van der Waals surface area contributed by atoms with E-state index in [1.807, 2.05) is 78.9 Å². The van der Waals surface area contributed by atoms with Crippen LogP contribution in [-0.2, 0) is 82.9 Å². The molecular formula is C65H81F21N8O30. The number of alkyl halides is 21. The zero-order chi connectivity index (χ0) is 96.0. The Morgan fingerprint density at radius 2 is 0.750 bits per heavy atom. The minimum Gasteiger partial charge on any atom is -0.475 e. The van der Waals surface area contributed by atoms with Crippen LogP contribution in [0.15, 0.2) is 78.9 Å². The summed E-state index contributed by atoms with van der Waals surface area (Å²) in [5, 5.41) is 122. The van der Waals surface area contributed by atoms with Crippen molar-refractivity contribution < 1.29 is 240 Å². The van der Waals surface area contributed by atoms with E-state index in [4.69, 9.17) is 142 Å². The van der Waals surface area contributed by atoms with Gasteiger partial charge in [0.1, 0.15) is 86.4 Å². The van der Waals surface area contributed by atoms with Crippen molar-refractivity contribution in [3.8, 4) is 11.1 Å². The number of rotatable bonds is 21. The van der Waals surface area contributed by atoms with Crippen LogP contribution >= 0.6 is 0 Å². The van der Waals surface area contributed by atoms with Gasteiger partial charge in [-0.05, 0) is 60.0 Å².